The van der Waals surface area contributed by atoms with E-state index in [1.54, 1.807) is 0 Å². The summed E-state index contributed by atoms with van der Waals surface area (Å²) in [5.74, 6) is 0.643. The molecule has 1 aromatic carbocycles. The van der Waals surface area contributed by atoms with Gasteiger partial charge in [0.15, 0.2) is 5.82 Å². The van der Waals surface area contributed by atoms with Gasteiger partial charge in [0.2, 0.25) is 5.56 Å². The lowest BCUT2D eigenvalue weighted by Gasteiger charge is -2.26. The third kappa shape index (κ3) is 2.05. The lowest BCUT2D eigenvalue weighted by Crippen LogP contribution is -2.28. The Morgan fingerprint density at radius 3 is 2.83 bits per heavy atom. The van der Waals surface area contributed by atoms with E-state index in [-0.39, 0.29) is 5.56 Å². The monoisotopic (exact) mass is 239 g/mol. The fourth-order valence-electron chi connectivity index (χ4n) is 2.09. The molecule has 2 aromatic rings. The normalized spacial score (nSPS) is 13.4. The molecule has 0 aliphatic carbocycles. The molecule has 0 saturated heterocycles. The summed E-state index contributed by atoms with van der Waals surface area (Å²) in [4.78, 5) is 20.4. The van der Waals surface area contributed by atoms with Crippen molar-refractivity contribution in [3.05, 3.63) is 58.4 Å². The van der Waals surface area contributed by atoms with Gasteiger partial charge in [-0.3, -0.25) is 4.79 Å². The van der Waals surface area contributed by atoms with Gasteiger partial charge in [0.1, 0.15) is 0 Å². The first-order valence-electron chi connectivity index (χ1n) is 5.88. The molecular weight excluding hydrogens is 226 g/mol. The van der Waals surface area contributed by atoms with Crippen molar-refractivity contribution in [2.24, 2.45) is 4.99 Å². The van der Waals surface area contributed by atoms with Crippen LogP contribution >= 0.6 is 0 Å². The van der Waals surface area contributed by atoms with Crippen LogP contribution in [-0.2, 0) is 6.54 Å². The van der Waals surface area contributed by atoms with Gasteiger partial charge in [-0.2, -0.15) is 0 Å². The minimum absolute atomic E-state index is 0.118. The summed E-state index contributed by atoms with van der Waals surface area (Å²) >= 11 is 0. The van der Waals surface area contributed by atoms with Crippen LogP contribution in [0.15, 0.2) is 52.3 Å². The lowest BCUT2D eigenvalue weighted by atomic mass is 10.2. The molecule has 1 aliphatic heterocycles. The summed E-state index contributed by atoms with van der Waals surface area (Å²) in [7, 11) is 0. The van der Waals surface area contributed by atoms with Crippen molar-refractivity contribution in [2.75, 3.05) is 11.4 Å². The molecule has 4 nitrogen and oxygen atoms in total. The molecule has 0 radical (unpaired) electrons. The summed E-state index contributed by atoms with van der Waals surface area (Å²) in [5.41, 5.74) is 2.10. The SMILES string of the molecule is O=c1ccc2c([nH]1)N=CCN2Cc1ccccc1. The zero-order valence-corrected chi connectivity index (χ0v) is 9.84. The molecule has 0 bridgehead atoms. The third-order valence-electron chi connectivity index (χ3n) is 2.96. The predicted octanol–water partition coefficient (Wildman–Crippen LogP) is 2.10. The molecule has 90 valence electrons. The molecule has 1 aliphatic rings. The van der Waals surface area contributed by atoms with Crippen LogP contribution in [-0.4, -0.2) is 17.7 Å². The fourth-order valence-corrected chi connectivity index (χ4v) is 2.09. The summed E-state index contributed by atoms with van der Waals surface area (Å²) in [6.45, 7) is 1.57. The number of fused-ring (bicyclic) bond motifs is 1. The minimum atomic E-state index is -0.118. The number of hydrogen-bond donors (Lipinski definition) is 1. The second-order valence-electron chi connectivity index (χ2n) is 4.23. The number of H-pyrrole nitrogens is 1. The third-order valence-corrected chi connectivity index (χ3v) is 2.96. The van der Waals surface area contributed by atoms with E-state index in [1.165, 1.54) is 11.6 Å². The summed E-state index contributed by atoms with van der Waals surface area (Å²) < 4.78 is 0. The van der Waals surface area contributed by atoms with Crippen molar-refractivity contribution in [1.29, 1.82) is 0 Å². The van der Waals surface area contributed by atoms with Crippen LogP contribution in [0.3, 0.4) is 0 Å². The summed E-state index contributed by atoms with van der Waals surface area (Å²) in [5, 5.41) is 0. The van der Waals surface area contributed by atoms with Crippen molar-refractivity contribution in [3.8, 4) is 0 Å². The van der Waals surface area contributed by atoms with E-state index in [9.17, 15) is 4.79 Å². The van der Waals surface area contributed by atoms with Crippen molar-refractivity contribution < 1.29 is 0 Å². The second-order valence-corrected chi connectivity index (χ2v) is 4.23. The standard InChI is InChI=1S/C14H13N3O/c18-13-7-6-12-14(16-13)15-8-9-17(12)10-11-4-2-1-3-5-11/h1-8H,9-10H2,(H,16,18). The van der Waals surface area contributed by atoms with Crippen LogP contribution in [0, 0.1) is 0 Å². The van der Waals surface area contributed by atoms with Crippen LogP contribution in [0.25, 0.3) is 0 Å². The van der Waals surface area contributed by atoms with Crippen LogP contribution in [0.5, 0.6) is 0 Å². The van der Waals surface area contributed by atoms with Gasteiger partial charge in [-0.1, -0.05) is 30.3 Å². The van der Waals surface area contributed by atoms with Gasteiger partial charge in [0, 0.05) is 18.8 Å². The topological polar surface area (TPSA) is 48.5 Å². The van der Waals surface area contributed by atoms with E-state index in [0.717, 1.165) is 18.8 Å². The number of nitrogens with one attached hydrogen (secondary N) is 1. The Labute approximate surface area is 105 Å². The van der Waals surface area contributed by atoms with E-state index in [0.29, 0.717) is 5.82 Å². The number of anilines is 1. The van der Waals surface area contributed by atoms with Crippen LogP contribution in [0.4, 0.5) is 11.5 Å². The maximum atomic E-state index is 11.3. The maximum Gasteiger partial charge on any atom is 0.249 e. The first-order chi connectivity index (χ1) is 8.83. The molecule has 4 heteroatoms. The Morgan fingerprint density at radius 1 is 1.17 bits per heavy atom. The smallest absolute Gasteiger partial charge is 0.249 e. The van der Waals surface area contributed by atoms with Crippen LogP contribution in [0.1, 0.15) is 5.56 Å². The Kier molecular flexibility index (Phi) is 2.68. The number of hydrogen-bond acceptors (Lipinski definition) is 3. The highest BCUT2D eigenvalue weighted by Crippen LogP contribution is 2.28. The molecule has 1 aromatic heterocycles. The van der Waals surface area contributed by atoms with Gasteiger partial charge < -0.3 is 9.88 Å². The van der Waals surface area contributed by atoms with Crippen molar-refractivity contribution >= 4 is 17.7 Å². The minimum Gasteiger partial charge on any atom is -0.359 e. The van der Waals surface area contributed by atoms with Gasteiger partial charge in [-0.05, 0) is 11.6 Å². The average Bonchev–Trinajstić information content (AvgIpc) is 2.40. The van der Waals surface area contributed by atoms with Crippen molar-refractivity contribution in [1.82, 2.24) is 4.98 Å². The molecule has 0 amide bonds. The molecule has 2 heterocycles. The van der Waals surface area contributed by atoms with Gasteiger partial charge in [-0.15, -0.1) is 0 Å². The highest BCUT2D eigenvalue weighted by atomic mass is 16.1. The highest BCUT2D eigenvalue weighted by Gasteiger charge is 2.14. The lowest BCUT2D eigenvalue weighted by molar-refractivity contribution is 0.873. The van der Waals surface area contributed by atoms with E-state index >= 15 is 0 Å². The van der Waals surface area contributed by atoms with Crippen LogP contribution < -0.4 is 10.5 Å². The van der Waals surface area contributed by atoms with E-state index in [1.807, 2.05) is 30.5 Å². The van der Waals surface area contributed by atoms with Crippen molar-refractivity contribution in [3.63, 3.8) is 0 Å². The van der Waals surface area contributed by atoms with Crippen LogP contribution in [0.2, 0.25) is 0 Å². The zero-order chi connectivity index (χ0) is 12.4. The predicted molar refractivity (Wildman–Crippen MR) is 72.7 cm³/mol. The quantitative estimate of drug-likeness (QED) is 0.872. The summed E-state index contributed by atoms with van der Waals surface area (Å²) in [6, 6.07) is 13.6. The Hall–Kier alpha value is -2.36. The number of benzene rings is 1. The number of pyridine rings is 1. The molecule has 3 rings (SSSR count). The maximum absolute atomic E-state index is 11.3. The zero-order valence-electron chi connectivity index (χ0n) is 9.84. The Balaban J connectivity index is 1.92. The number of aliphatic imine (C=N–C) groups is 1. The van der Waals surface area contributed by atoms with Gasteiger partial charge in [-0.25, -0.2) is 4.99 Å². The van der Waals surface area contributed by atoms with Gasteiger partial charge in [0.05, 0.1) is 12.2 Å². The molecule has 0 saturated carbocycles. The number of aromatic nitrogens is 1. The highest BCUT2D eigenvalue weighted by molar-refractivity contribution is 5.79. The van der Waals surface area contributed by atoms with Crippen molar-refractivity contribution in [2.45, 2.75) is 6.54 Å². The molecule has 0 spiro atoms. The number of nitrogens with zero attached hydrogens (tertiary/aromatic N) is 2. The van der Waals surface area contributed by atoms with Gasteiger partial charge in [0.25, 0.3) is 0 Å². The fraction of sp³-hybridized carbons (Fsp3) is 0.143. The van der Waals surface area contributed by atoms with E-state index < -0.39 is 0 Å². The first-order valence-corrected chi connectivity index (χ1v) is 5.88. The second kappa shape index (κ2) is 4.49. The molecule has 1 N–H and O–H groups in total. The molecular formula is C14H13N3O. The first kappa shape index (κ1) is 10.8. The Bertz CT molecular complexity index is 631. The molecule has 18 heavy (non-hydrogen) atoms. The molecule has 0 fully saturated rings. The van der Waals surface area contributed by atoms with E-state index in [2.05, 4.69) is 27.0 Å². The number of rotatable bonds is 2. The molecule has 0 unspecified atom stereocenters. The average molecular weight is 239 g/mol. The van der Waals surface area contributed by atoms with E-state index in [4.69, 9.17) is 0 Å². The summed E-state index contributed by atoms with van der Waals surface area (Å²) in [6.07, 6.45) is 1.82. The van der Waals surface area contributed by atoms with Gasteiger partial charge >= 0.3 is 0 Å². The molecule has 0 atom stereocenters. The number of aromatic amines is 1. The largest absolute Gasteiger partial charge is 0.359 e. The Morgan fingerprint density at radius 2 is 2.00 bits per heavy atom.